The van der Waals surface area contributed by atoms with Gasteiger partial charge in [-0.25, -0.2) is 18.2 Å². The van der Waals surface area contributed by atoms with Crippen molar-refractivity contribution in [2.24, 2.45) is 0 Å². The molecule has 0 spiro atoms. The monoisotopic (exact) mass is 372 g/mol. The summed E-state index contributed by atoms with van der Waals surface area (Å²) in [6, 6.07) is 12.8. The molecule has 2 aromatic rings. The van der Waals surface area contributed by atoms with E-state index in [1.807, 2.05) is 0 Å². The molecule has 7 nitrogen and oxygen atoms in total. The Labute approximate surface area is 150 Å². The van der Waals surface area contributed by atoms with Crippen LogP contribution in [0.4, 0.5) is 5.69 Å². The number of esters is 1. The molecule has 3 rings (SSSR count). The van der Waals surface area contributed by atoms with Crippen molar-refractivity contribution in [1.29, 1.82) is 0 Å². The zero-order chi connectivity index (χ0) is 18.6. The maximum atomic E-state index is 12.7. The number of hydrogen-bond donors (Lipinski definition) is 0. The van der Waals surface area contributed by atoms with Crippen molar-refractivity contribution >= 4 is 27.4 Å². The highest BCUT2D eigenvalue weighted by molar-refractivity contribution is 7.94. The van der Waals surface area contributed by atoms with E-state index in [2.05, 4.69) is 4.98 Å². The molecular weight excluding hydrogens is 356 g/mol. The summed E-state index contributed by atoms with van der Waals surface area (Å²) in [6.07, 6.45) is 2.91. The van der Waals surface area contributed by atoms with E-state index >= 15 is 0 Å². The third-order valence-corrected chi connectivity index (χ3v) is 5.12. The molecule has 1 atom stereocenters. The van der Waals surface area contributed by atoms with Crippen LogP contribution >= 0.6 is 0 Å². The first-order valence-electron chi connectivity index (χ1n) is 7.82. The summed E-state index contributed by atoms with van der Waals surface area (Å²) in [6.45, 7) is -0.519. The van der Waals surface area contributed by atoms with Crippen LogP contribution in [0.2, 0.25) is 0 Å². The molecule has 1 aromatic carbocycles. The van der Waals surface area contributed by atoms with Gasteiger partial charge in [0.2, 0.25) is 0 Å². The molecule has 1 aromatic heterocycles. The number of rotatable bonds is 5. The molecule has 1 aliphatic heterocycles. The van der Waals surface area contributed by atoms with Crippen molar-refractivity contribution in [3.05, 3.63) is 71.9 Å². The van der Waals surface area contributed by atoms with E-state index in [1.165, 1.54) is 23.2 Å². The molecule has 0 saturated carbocycles. The van der Waals surface area contributed by atoms with E-state index in [0.29, 0.717) is 5.69 Å². The summed E-state index contributed by atoms with van der Waals surface area (Å²) in [5.41, 5.74) is 0.619. The van der Waals surface area contributed by atoms with Crippen LogP contribution in [0, 0.1) is 0 Å². The maximum Gasteiger partial charge on any atom is 0.357 e. The number of anilines is 1. The summed E-state index contributed by atoms with van der Waals surface area (Å²) in [7, 11) is -3.35. The first-order valence-corrected chi connectivity index (χ1v) is 9.54. The normalized spacial score (nSPS) is 17.6. The van der Waals surface area contributed by atoms with Gasteiger partial charge in [-0.1, -0.05) is 24.3 Å². The number of para-hydroxylation sites is 1. The summed E-state index contributed by atoms with van der Waals surface area (Å²) >= 11 is 0. The Kier molecular flexibility index (Phi) is 5.13. The number of carbonyl (C=O) groups is 2. The van der Waals surface area contributed by atoms with Crippen LogP contribution in [0.5, 0.6) is 0 Å². The third kappa shape index (κ3) is 4.15. The molecule has 26 heavy (non-hydrogen) atoms. The van der Waals surface area contributed by atoms with Crippen molar-refractivity contribution < 1.29 is 22.7 Å². The van der Waals surface area contributed by atoms with E-state index < -0.39 is 34.4 Å². The van der Waals surface area contributed by atoms with Crippen LogP contribution in [0.25, 0.3) is 0 Å². The van der Waals surface area contributed by atoms with Crippen LogP contribution in [0.1, 0.15) is 10.5 Å². The molecular formula is C18H16N2O5S. The largest absolute Gasteiger partial charge is 0.451 e. The van der Waals surface area contributed by atoms with E-state index in [0.717, 1.165) is 5.41 Å². The molecule has 134 valence electrons. The molecule has 0 unspecified atom stereocenters. The van der Waals surface area contributed by atoms with Crippen molar-refractivity contribution in [3.63, 3.8) is 0 Å². The van der Waals surface area contributed by atoms with Crippen molar-refractivity contribution in [2.75, 3.05) is 17.3 Å². The van der Waals surface area contributed by atoms with Crippen LogP contribution in [-0.4, -0.2) is 43.7 Å². The number of ether oxygens (including phenoxy) is 1. The van der Waals surface area contributed by atoms with Crippen molar-refractivity contribution in [3.8, 4) is 0 Å². The predicted octanol–water partition coefficient (Wildman–Crippen LogP) is 1.58. The second-order valence-corrected chi connectivity index (χ2v) is 7.55. The van der Waals surface area contributed by atoms with Gasteiger partial charge in [0.1, 0.15) is 5.69 Å². The number of hydrogen-bond acceptors (Lipinski definition) is 6. The highest BCUT2D eigenvalue weighted by atomic mass is 32.2. The van der Waals surface area contributed by atoms with Crippen LogP contribution in [0.3, 0.4) is 0 Å². The van der Waals surface area contributed by atoms with E-state index in [4.69, 9.17) is 4.74 Å². The topological polar surface area (TPSA) is 93.6 Å². The molecule has 1 amide bonds. The summed E-state index contributed by atoms with van der Waals surface area (Å²) < 4.78 is 28.5. The number of amides is 1. The van der Waals surface area contributed by atoms with Gasteiger partial charge in [0.15, 0.2) is 16.4 Å². The quantitative estimate of drug-likeness (QED) is 0.740. The highest BCUT2D eigenvalue weighted by Gasteiger charge is 2.31. The van der Waals surface area contributed by atoms with Gasteiger partial charge >= 0.3 is 5.97 Å². The number of carbonyl (C=O) groups excluding carboxylic acids is 2. The standard InChI is InChI=1S/C18H16N2O5S/c21-17(12-25-18(22)16-8-4-5-10-19-16)20(14-6-2-1-3-7-14)15-9-11-26(23,24)13-15/h1-11,15H,12-13H2/t15-/m1/s1. The Bertz CT molecular complexity index is 927. The lowest BCUT2D eigenvalue weighted by Gasteiger charge is -2.27. The van der Waals surface area contributed by atoms with Gasteiger partial charge in [0.05, 0.1) is 11.8 Å². The lowest BCUT2D eigenvalue weighted by molar-refractivity contribution is -0.121. The summed E-state index contributed by atoms with van der Waals surface area (Å²) in [4.78, 5) is 29.8. The first kappa shape index (κ1) is 17.8. The fourth-order valence-corrected chi connectivity index (χ4v) is 3.85. The zero-order valence-electron chi connectivity index (χ0n) is 13.7. The fraction of sp³-hybridized carbons (Fsp3) is 0.167. The SMILES string of the molecule is O=C(OCC(=O)N(c1ccccc1)[C@@H]1C=CS(=O)(=O)C1)c1ccccn1. The summed E-state index contributed by atoms with van der Waals surface area (Å²) in [5, 5.41) is 1.10. The van der Waals surface area contributed by atoms with Gasteiger partial charge in [0.25, 0.3) is 5.91 Å². The molecule has 8 heteroatoms. The minimum Gasteiger partial charge on any atom is -0.451 e. The minimum absolute atomic E-state index is 0.0925. The van der Waals surface area contributed by atoms with Crippen LogP contribution in [-0.2, 0) is 19.4 Å². The highest BCUT2D eigenvalue weighted by Crippen LogP contribution is 2.22. The average molecular weight is 372 g/mol. The molecule has 0 radical (unpaired) electrons. The number of aromatic nitrogens is 1. The van der Waals surface area contributed by atoms with E-state index in [9.17, 15) is 18.0 Å². The van der Waals surface area contributed by atoms with Crippen LogP contribution in [0.15, 0.2) is 66.2 Å². The zero-order valence-corrected chi connectivity index (χ0v) is 14.5. The lowest BCUT2D eigenvalue weighted by atomic mass is 10.2. The van der Waals surface area contributed by atoms with Crippen LogP contribution < -0.4 is 4.90 Å². The third-order valence-electron chi connectivity index (χ3n) is 3.75. The Hall–Kier alpha value is -3.00. The number of pyridine rings is 1. The second kappa shape index (κ2) is 7.49. The van der Waals surface area contributed by atoms with Crippen molar-refractivity contribution in [1.82, 2.24) is 4.98 Å². The van der Waals surface area contributed by atoms with Gasteiger partial charge in [0, 0.05) is 17.3 Å². The predicted molar refractivity (Wildman–Crippen MR) is 95.2 cm³/mol. The molecule has 0 saturated heterocycles. The number of nitrogens with zero attached hydrogens (tertiary/aromatic N) is 2. The smallest absolute Gasteiger partial charge is 0.357 e. The molecule has 0 bridgehead atoms. The molecule has 1 aliphatic rings. The molecule has 2 heterocycles. The van der Waals surface area contributed by atoms with Gasteiger partial charge in [-0.3, -0.25) is 4.79 Å². The summed E-state index contributed by atoms with van der Waals surface area (Å²) in [5.74, 6) is -1.45. The first-order chi connectivity index (χ1) is 12.5. The maximum absolute atomic E-state index is 12.7. The van der Waals surface area contributed by atoms with Gasteiger partial charge in [-0.15, -0.1) is 0 Å². The fourth-order valence-electron chi connectivity index (χ4n) is 2.58. The molecule has 0 N–H and O–H groups in total. The van der Waals surface area contributed by atoms with Gasteiger partial charge < -0.3 is 9.64 Å². The van der Waals surface area contributed by atoms with E-state index in [-0.39, 0.29) is 11.4 Å². The van der Waals surface area contributed by atoms with E-state index in [1.54, 1.807) is 42.5 Å². The molecule has 0 fully saturated rings. The lowest BCUT2D eigenvalue weighted by Crippen LogP contribution is -2.43. The molecule has 0 aliphatic carbocycles. The Morgan fingerprint density at radius 2 is 1.85 bits per heavy atom. The number of sulfone groups is 1. The van der Waals surface area contributed by atoms with Crippen molar-refractivity contribution in [2.45, 2.75) is 6.04 Å². The second-order valence-electron chi connectivity index (χ2n) is 5.62. The Morgan fingerprint density at radius 1 is 1.12 bits per heavy atom. The number of benzene rings is 1. The minimum atomic E-state index is -3.35. The average Bonchev–Trinajstić information content (AvgIpc) is 3.01. The Morgan fingerprint density at radius 3 is 2.46 bits per heavy atom. The Balaban J connectivity index is 1.76. The van der Waals surface area contributed by atoms with Gasteiger partial charge in [-0.2, -0.15) is 0 Å². The van der Waals surface area contributed by atoms with Gasteiger partial charge in [-0.05, 0) is 30.3 Å².